The lowest BCUT2D eigenvalue weighted by molar-refractivity contribution is -0.130. The number of hydrogen-bond donors (Lipinski definition) is 1. The van der Waals surface area contributed by atoms with Crippen LogP contribution in [0, 0.1) is 11.3 Å². The molecule has 184 valence electrons. The van der Waals surface area contributed by atoms with E-state index in [1.165, 1.54) is 35.6 Å². The zero-order valence-electron chi connectivity index (χ0n) is 20.4. The van der Waals surface area contributed by atoms with Gasteiger partial charge < -0.3 is 19.7 Å². The molecule has 1 amide bonds. The van der Waals surface area contributed by atoms with Gasteiger partial charge in [0.2, 0.25) is 5.91 Å². The molecule has 2 aromatic rings. The highest BCUT2D eigenvalue weighted by Crippen LogP contribution is 2.53. The van der Waals surface area contributed by atoms with Crippen molar-refractivity contribution in [2.45, 2.75) is 57.5 Å². The predicted molar refractivity (Wildman–Crippen MR) is 136 cm³/mol. The van der Waals surface area contributed by atoms with Crippen LogP contribution in [0.4, 0.5) is 11.5 Å². The van der Waals surface area contributed by atoms with Crippen LogP contribution in [0.1, 0.15) is 61.1 Å². The second kappa shape index (κ2) is 9.30. The molecule has 4 heterocycles. The van der Waals surface area contributed by atoms with Gasteiger partial charge in [-0.05, 0) is 97.6 Å². The van der Waals surface area contributed by atoms with Crippen LogP contribution >= 0.6 is 0 Å². The Labute approximate surface area is 207 Å². The van der Waals surface area contributed by atoms with Crippen molar-refractivity contribution in [3.63, 3.8) is 0 Å². The summed E-state index contributed by atoms with van der Waals surface area (Å²) in [5, 5.41) is 3.60. The monoisotopic (exact) mass is 473 g/mol. The van der Waals surface area contributed by atoms with Gasteiger partial charge in [0.1, 0.15) is 18.2 Å². The first-order valence-electron chi connectivity index (χ1n) is 13.1. The van der Waals surface area contributed by atoms with Gasteiger partial charge in [0.05, 0.1) is 5.69 Å². The zero-order chi connectivity index (χ0) is 23.8. The molecule has 1 saturated carbocycles. The molecule has 0 bridgehead atoms. The van der Waals surface area contributed by atoms with Gasteiger partial charge in [0, 0.05) is 38.1 Å². The number of hydrogen-bond acceptors (Lipinski definition) is 5. The van der Waals surface area contributed by atoms with Crippen molar-refractivity contribution < 1.29 is 14.3 Å². The summed E-state index contributed by atoms with van der Waals surface area (Å²) < 4.78 is 11.8. The lowest BCUT2D eigenvalue weighted by Gasteiger charge is -2.52. The Hall–Kier alpha value is -2.86. The van der Waals surface area contributed by atoms with Gasteiger partial charge in [-0.1, -0.05) is 12.6 Å². The summed E-state index contributed by atoms with van der Waals surface area (Å²) in [6.07, 6.45) is 11.4. The molecule has 0 radical (unpaired) electrons. The Morgan fingerprint density at radius 3 is 2.77 bits per heavy atom. The summed E-state index contributed by atoms with van der Waals surface area (Å²) in [6.45, 7) is 7.58. The number of pyridine rings is 1. The highest BCUT2D eigenvalue weighted by molar-refractivity contribution is 5.87. The molecule has 6 nitrogen and oxygen atoms in total. The van der Waals surface area contributed by atoms with E-state index in [4.69, 9.17) is 9.47 Å². The summed E-state index contributed by atoms with van der Waals surface area (Å²) in [5.74, 6) is 3.12. The Morgan fingerprint density at radius 1 is 1.20 bits per heavy atom. The number of fused-ring (bicyclic) bond motifs is 2. The maximum atomic E-state index is 11.9. The number of likely N-dealkylation sites (tertiary alicyclic amines) is 1. The minimum absolute atomic E-state index is 0.0753. The Balaban J connectivity index is 1.11. The van der Waals surface area contributed by atoms with Crippen LogP contribution in [0.5, 0.6) is 5.75 Å². The maximum Gasteiger partial charge on any atom is 0.245 e. The normalized spacial score (nSPS) is 21.7. The number of aromatic nitrogens is 1. The summed E-state index contributed by atoms with van der Waals surface area (Å²) in [5.41, 5.74) is 5.34. The van der Waals surface area contributed by atoms with Crippen LogP contribution in [0.15, 0.2) is 43.1 Å². The Kier molecular flexibility index (Phi) is 6.01. The topological polar surface area (TPSA) is 63.7 Å². The highest BCUT2D eigenvalue weighted by Gasteiger charge is 2.45. The van der Waals surface area contributed by atoms with Gasteiger partial charge in [-0.2, -0.15) is 0 Å². The van der Waals surface area contributed by atoms with E-state index in [1.54, 1.807) is 0 Å². The van der Waals surface area contributed by atoms with Gasteiger partial charge in [-0.15, -0.1) is 0 Å². The van der Waals surface area contributed by atoms with Crippen LogP contribution < -0.4 is 10.1 Å². The van der Waals surface area contributed by atoms with E-state index >= 15 is 0 Å². The minimum atomic E-state index is 0.0753. The lowest BCUT2D eigenvalue weighted by Crippen LogP contribution is -2.48. The third kappa shape index (κ3) is 4.44. The van der Waals surface area contributed by atoms with Crippen molar-refractivity contribution in [2.24, 2.45) is 11.3 Å². The summed E-state index contributed by atoms with van der Waals surface area (Å²) in [6, 6.07) is 8.75. The number of carbonyl (C=O) groups excluding carboxylic acids is 1. The van der Waals surface area contributed by atoms with Crippen molar-refractivity contribution in [1.82, 2.24) is 9.88 Å². The van der Waals surface area contributed by atoms with Crippen LogP contribution in [0.25, 0.3) is 0 Å². The second-order valence-corrected chi connectivity index (χ2v) is 10.9. The molecule has 6 heteroatoms. The van der Waals surface area contributed by atoms with Gasteiger partial charge >= 0.3 is 0 Å². The van der Waals surface area contributed by atoms with E-state index in [1.807, 2.05) is 11.1 Å². The van der Waals surface area contributed by atoms with E-state index in [0.29, 0.717) is 23.9 Å². The zero-order valence-corrected chi connectivity index (χ0v) is 20.4. The van der Waals surface area contributed by atoms with Gasteiger partial charge in [-0.25, -0.2) is 4.98 Å². The van der Waals surface area contributed by atoms with Crippen molar-refractivity contribution in [1.29, 1.82) is 0 Å². The van der Waals surface area contributed by atoms with Crippen LogP contribution in [-0.4, -0.2) is 42.1 Å². The van der Waals surface area contributed by atoms with Crippen LogP contribution in [-0.2, 0) is 22.6 Å². The molecule has 6 rings (SSSR count). The smallest absolute Gasteiger partial charge is 0.245 e. The van der Waals surface area contributed by atoms with Crippen molar-refractivity contribution in [3.8, 4) is 5.75 Å². The van der Waals surface area contributed by atoms with E-state index in [9.17, 15) is 4.79 Å². The molecular weight excluding hydrogens is 438 g/mol. The number of carbonyl (C=O) groups is 1. The Bertz CT molecular complexity index is 1110. The van der Waals surface area contributed by atoms with E-state index in [2.05, 4.69) is 41.1 Å². The Morgan fingerprint density at radius 2 is 2.00 bits per heavy atom. The van der Waals surface area contributed by atoms with Crippen molar-refractivity contribution in [2.75, 3.05) is 31.6 Å². The van der Waals surface area contributed by atoms with Gasteiger partial charge in [-0.3, -0.25) is 4.79 Å². The molecule has 1 aromatic carbocycles. The van der Waals surface area contributed by atoms with Crippen LogP contribution in [0.2, 0.25) is 0 Å². The lowest BCUT2D eigenvalue weighted by atomic mass is 9.56. The minimum Gasteiger partial charge on any atom is -0.487 e. The molecule has 3 fully saturated rings. The standard InChI is InChI=1S/C29H35N3O3/c1-2-27(33)32-11-8-29(9-12-32)17-21(18-29)15-20-3-4-26-25(16-20)31-28-24(19-35-26)23(5-10-30-28)22-6-13-34-14-7-22/h2-5,10,16,21-22H,1,6-9,11-15,17-19H2,(H,30,31). The number of nitrogens with one attached hydrogen (secondary N) is 1. The fourth-order valence-electron chi connectivity index (χ4n) is 6.74. The molecule has 1 aliphatic carbocycles. The maximum absolute atomic E-state index is 11.9. The first-order valence-corrected chi connectivity index (χ1v) is 13.1. The van der Waals surface area contributed by atoms with Crippen molar-refractivity contribution >= 4 is 17.4 Å². The number of benzene rings is 1. The first kappa shape index (κ1) is 22.6. The summed E-state index contributed by atoms with van der Waals surface area (Å²) in [7, 11) is 0. The number of rotatable bonds is 4. The molecule has 4 aliphatic rings. The van der Waals surface area contributed by atoms with E-state index in [0.717, 1.165) is 75.7 Å². The highest BCUT2D eigenvalue weighted by atomic mass is 16.5. The molecule has 1 spiro atoms. The number of nitrogens with zero attached hydrogens (tertiary/aromatic N) is 2. The molecule has 35 heavy (non-hydrogen) atoms. The second-order valence-electron chi connectivity index (χ2n) is 10.9. The van der Waals surface area contributed by atoms with Gasteiger partial charge in [0.15, 0.2) is 0 Å². The third-order valence-electron chi connectivity index (χ3n) is 8.70. The fraction of sp³-hybridized carbons (Fsp3) is 0.517. The quantitative estimate of drug-likeness (QED) is 0.606. The molecule has 1 aromatic heterocycles. The molecule has 1 N–H and O–H groups in total. The summed E-state index contributed by atoms with van der Waals surface area (Å²) in [4.78, 5) is 18.5. The number of amides is 1. The number of ether oxygens (including phenoxy) is 2. The largest absolute Gasteiger partial charge is 0.487 e. The van der Waals surface area contributed by atoms with E-state index in [-0.39, 0.29) is 5.91 Å². The average Bonchev–Trinajstić information content (AvgIpc) is 3.07. The molecule has 0 atom stereocenters. The summed E-state index contributed by atoms with van der Waals surface area (Å²) >= 11 is 0. The molecule has 2 saturated heterocycles. The SMILES string of the molecule is C=CC(=O)N1CCC2(CC1)CC(Cc1ccc3c(c1)Nc1nccc(C4CCOCC4)c1CO3)C2. The van der Waals surface area contributed by atoms with E-state index < -0.39 is 0 Å². The number of piperidine rings is 1. The molecular formula is C29H35N3O3. The number of anilines is 2. The third-order valence-corrected chi connectivity index (χ3v) is 8.70. The fourth-order valence-corrected chi connectivity index (χ4v) is 6.74. The molecule has 3 aliphatic heterocycles. The average molecular weight is 474 g/mol. The molecule has 0 unspecified atom stereocenters. The van der Waals surface area contributed by atoms with Crippen molar-refractivity contribution in [3.05, 3.63) is 59.8 Å². The van der Waals surface area contributed by atoms with Crippen LogP contribution in [0.3, 0.4) is 0 Å². The first-order chi connectivity index (χ1) is 17.1. The predicted octanol–water partition coefficient (Wildman–Crippen LogP) is 5.36. The van der Waals surface area contributed by atoms with Gasteiger partial charge in [0.25, 0.3) is 0 Å².